The molecule has 4 nitrogen and oxygen atoms in total. The Labute approximate surface area is 157 Å². The summed E-state index contributed by atoms with van der Waals surface area (Å²) in [6.45, 7) is 0. The number of benzene rings is 3. The van der Waals surface area contributed by atoms with Crippen molar-refractivity contribution in [1.82, 2.24) is 0 Å². The van der Waals surface area contributed by atoms with E-state index in [1.165, 1.54) is 0 Å². The van der Waals surface area contributed by atoms with Crippen LogP contribution >= 0.6 is 17.0 Å². The lowest BCUT2D eigenvalue weighted by Crippen LogP contribution is -2.68. The van der Waals surface area contributed by atoms with E-state index >= 15 is 0 Å². The van der Waals surface area contributed by atoms with Crippen molar-refractivity contribution in [3.63, 3.8) is 0 Å². The number of hydrazone groups is 1. The Morgan fingerprint density at radius 3 is 1.40 bits per heavy atom. The molecule has 25 heavy (non-hydrogen) atoms. The third kappa shape index (κ3) is 2.39. The van der Waals surface area contributed by atoms with Crippen LogP contribution in [0.1, 0.15) is 0 Å². The third-order valence-electron chi connectivity index (χ3n) is 4.40. The van der Waals surface area contributed by atoms with Crippen LogP contribution in [-0.2, 0) is 0 Å². The number of nitrogens with zero attached hydrogens (tertiary/aromatic N) is 4. The molecular weight excluding hydrogens is 376 g/mol. The molecule has 3 aliphatic rings. The van der Waals surface area contributed by atoms with Gasteiger partial charge in [-0.3, -0.25) is 9.80 Å². The van der Waals surface area contributed by atoms with Gasteiger partial charge in [-0.05, 0) is 36.4 Å². The van der Waals surface area contributed by atoms with E-state index in [2.05, 4.69) is 75.5 Å². The lowest BCUT2D eigenvalue weighted by Gasteiger charge is -2.48. The van der Waals surface area contributed by atoms with Gasteiger partial charge in [0.2, 0.25) is 12.2 Å². The van der Waals surface area contributed by atoms with Crippen molar-refractivity contribution in [2.24, 2.45) is 5.10 Å². The fourth-order valence-electron chi connectivity index (χ4n) is 3.29. The molecule has 0 amide bonds. The number of guanidine groups is 1. The normalized spacial score (nSPS) is 15.5. The average Bonchev–Trinajstić information content (AvgIpc) is 3.23. The van der Waals surface area contributed by atoms with Crippen LogP contribution in [0.5, 0.6) is 0 Å². The molecule has 0 atom stereocenters. The SMILES string of the molecule is Br.c1ccc(N2N=C3N(c4ccccc4)C2N3c2ccccc2)cc1. The molecule has 5 heteroatoms. The molecular formula is C20H17BrN4. The Balaban J connectivity index is 0.00000157. The maximum absolute atomic E-state index is 4.85. The lowest BCUT2D eigenvalue weighted by atomic mass is 10.2. The highest BCUT2D eigenvalue weighted by Crippen LogP contribution is 2.42. The summed E-state index contributed by atoms with van der Waals surface area (Å²) in [5.41, 5.74) is 3.41. The molecule has 3 heterocycles. The van der Waals surface area contributed by atoms with Gasteiger partial charge in [0.1, 0.15) is 0 Å². The topological polar surface area (TPSA) is 22.1 Å². The van der Waals surface area contributed by atoms with Crippen molar-refractivity contribution in [2.75, 3.05) is 14.8 Å². The minimum absolute atomic E-state index is 0. The van der Waals surface area contributed by atoms with Gasteiger partial charge in [-0.2, -0.15) is 0 Å². The predicted octanol–water partition coefficient (Wildman–Crippen LogP) is 4.67. The zero-order valence-electron chi connectivity index (χ0n) is 13.4. The molecule has 0 aromatic heterocycles. The van der Waals surface area contributed by atoms with Crippen LogP contribution in [0, 0.1) is 0 Å². The molecule has 3 aromatic rings. The van der Waals surface area contributed by atoms with Gasteiger partial charge in [0, 0.05) is 11.4 Å². The molecule has 0 saturated carbocycles. The summed E-state index contributed by atoms with van der Waals surface area (Å²) in [4.78, 5) is 4.53. The van der Waals surface area contributed by atoms with E-state index in [4.69, 9.17) is 5.10 Å². The Kier molecular flexibility index (Phi) is 3.93. The van der Waals surface area contributed by atoms with Crippen molar-refractivity contribution in [2.45, 2.75) is 6.29 Å². The highest BCUT2D eigenvalue weighted by atomic mass is 79.9. The van der Waals surface area contributed by atoms with Gasteiger partial charge in [-0.15, -0.1) is 22.1 Å². The van der Waals surface area contributed by atoms with Crippen molar-refractivity contribution < 1.29 is 0 Å². The van der Waals surface area contributed by atoms with Gasteiger partial charge in [-0.1, -0.05) is 54.6 Å². The smallest absolute Gasteiger partial charge is 0.235 e. The molecule has 1 fully saturated rings. The van der Waals surface area contributed by atoms with Gasteiger partial charge in [-0.25, -0.2) is 5.01 Å². The second-order valence-electron chi connectivity index (χ2n) is 5.84. The largest absolute Gasteiger partial charge is 0.269 e. The van der Waals surface area contributed by atoms with E-state index in [0.717, 1.165) is 23.0 Å². The first kappa shape index (κ1) is 15.7. The second kappa shape index (κ2) is 6.26. The van der Waals surface area contributed by atoms with Gasteiger partial charge in [0.05, 0.1) is 5.69 Å². The third-order valence-corrected chi connectivity index (χ3v) is 4.40. The van der Waals surface area contributed by atoms with Gasteiger partial charge >= 0.3 is 0 Å². The van der Waals surface area contributed by atoms with E-state index in [9.17, 15) is 0 Å². The van der Waals surface area contributed by atoms with Gasteiger partial charge in [0.25, 0.3) is 0 Å². The molecule has 6 rings (SSSR count). The number of rotatable bonds is 3. The zero-order chi connectivity index (χ0) is 15.9. The van der Waals surface area contributed by atoms with Crippen molar-refractivity contribution in [3.8, 4) is 0 Å². The minimum atomic E-state index is 0. The van der Waals surface area contributed by atoms with Crippen LogP contribution in [0.3, 0.4) is 0 Å². The summed E-state index contributed by atoms with van der Waals surface area (Å²) < 4.78 is 0. The summed E-state index contributed by atoms with van der Waals surface area (Å²) in [6.07, 6.45) is 0.0344. The molecule has 0 radical (unpaired) electrons. The summed E-state index contributed by atoms with van der Waals surface area (Å²) in [5.74, 6) is 0.959. The molecule has 0 aliphatic carbocycles. The number of anilines is 3. The Morgan fingerprint density at radius 2 is 0.960 bits per heavy atom. The minimum Gasteiger partial charge on any atom is -0.269 e. The predicted molar refractivity (Wildman–Crippen MR) is 108 cm³/mol. The number of fused-ring (bicyclic) bond motifs is 1. The number of halogens is 1. The first-order chi connectivity index (χ1) is 11.9. The first-order valence-corrected chi connectivity index (χ1v) is 8.05. The summed E-state index contributed by atoms with van der Waals surface area (Å²) in [5, 5.41) is 6.93. The molecule has 2 bridgehead atoms. The molecule has 0 unspecified atom stereocenters. The number of hydrogen-bond acceptors (Lipinski definition) is 4. The van der Waals surface area contributed by atoms with Crippen LogP contribution in [0.4, 0.5) is 17.1 Å². The van der Waals surface area contributed by atoms with Gasteiger partial charge < -0.3 is 0 Å². The van der Waals surface area contributed by atoms with Gasteiger partial charge in [0.15, 0.2) is 0 Å². The van der Waals surface area contributed by atoms with Crippen LogP contribution in [0.2, 0.25) is 0 Å². The van der Waals surface area contributed by atoms with Crippen molar-refractivity contribution >= 4 is 40.0 Å². The Hall–Kier alpha value is -2.79. The molecule has 0 N–H and O–H groups in total. The molecule has 0 spiro atoms. The lowest BCUT2D eigenvalue weighted by molar-refractivity contribution is 0.641. The molecule has 3 aliphatic heterocycles. The van der Waals surface area contributed by atoms with Crippen molar-refractivity contribution in [1.29, 1.82) is 0 Å². The summed E-state index contributed by atoms with van der Waals surface area (Å²) >= 11 is 0. The fourth-order valence-corrected chi connectivity index (χ4v) is 3.29. The van der Waals surface area contributed by atoms with Crippen LogP contribution in [-0.4, -0.2) is 12.2 Å². The van der Waals surface area contributed by atoms with Crippen LogP contribution < -0.4 is 14.8 Å². The van der Waals surface area contributed by atoms with E-state index in [0.29, 0.717) is 0 Å². The maximum atomic E-state index is 4.85. The van der Waals surface area contributed by atoms with E-state index < -0.39 is 0 Å². The van der Waals surface area contributed by atoms with E-state index in [1.807, 2.05) is 30.3 Å². The second-order valence-corrected chi connectivity index (χ2v) is 5.84. The molecule has 124 valence electrons. The highest BCUT2D eigenvalue weighted by Gasteiger charge is 2.54. The highest BCUT2D eigenvalue weighted by molar-refractivity contribution is 8.93. The standard InChI is InChI=1S/C20H16N4.BrH/c1-4-10-16(11-5-1)22-19-21-24(18-14-8-3-9-15-18)20(22)23(19)17-12-6-2-7-13-17;/h1-15,20H;1H. The maximum Gasteiger partial charge on any atom is 0.235 e. The Morgan fingerprint density at radius 1 is 0.560 bits per heavy atom. The number of para-hydroxylation sites is 3. The number of hydrogen-bond donors (Lipinski definition) is 0. The first-order valence-electron chi connectivity index (χ1n) is 8.05. The van der Waals surface area contributed by atoms with E-state index in [1.54, 1.807) is 0 Å². The average molecular weight is 393 g/mol. The van der Waals surface area contributed by atoms with Crippen molar-refractivity contribution in [3.05, 3.63) is 91.0 Å². The zero-order valence-corrected chi connectivity index (χ0v) is 15.1. The fraction of sp³-hybridized carbons (Fsp3) is 0.0500. The Bertz CT molecular complexity index is 777. The molecule has 3 aromatic carbocycles. The summed E-state index contributed by atoms with van der Waals surface area (Å²) in [7, 11) is 0. The summed E-state index contributed by atoms with van der Waals surface area (Å²) in [6, 6.07) is 31.1. The quantitative estimate of drug-likeness (QED) is 0.646. The van der Waals surface area contributed by atoms with E-state index in [-0.39, 0.29) is 23.3 Å². The molecule has 1 saturated heterocycles. The monoisotopic (exact) mass is 392 g/mol. The van der Waals surface area contributed by atoms with Crippen LogP contribution in [0.25, 0.3) is 0 Å². The van der Waals surface area contributed by atoms with Crippen LogP contribution in [0.15, 0.2) is 96.1 Å².